The summed E-state index contributed by atoms with van der Waals surface area (Å²) in [4.78, 5) is 38.1. The molecule has 5 rings (SSSR count). The Hall–Kier alpha value is -3.39. The van der Waals surface area contributed by atoms with Crippen LogP contribution in [0.2, 0.25) is 0 Å². The van der Waals surface area contributed by atoms with Crippen LogP contribution in [0.4, 0.5) is 4.79 Å². The van der Waals surface area contributed by atoms with Crippen LogP contribution in [0.3, 0.4) is 0 Å². The zero-order valence-corrected chi connectivity index (χ0v) is 19.0. The SMILES string of the molecule is COC1CN(C(=O)C2CC2CNC(=O)OCC2c3ccccc3-c3ccccc32)CC1C(=O)O. The summed E-state index contributed by atoms with van der Waals surface area (Å²) in [6.07, 6.45) is -0.307. The summed E-state index contributed by atoms with van der Waals surface area (Å²) in [6, 6.07) is 16.3. The van der Waals surface area contributed by atoms with E-state index in [2.05, 4.69) is 29.6 Å². The van der Waals surface area contributed by atoms with Crippen molar-refractivity contribution in [2.75, 3.05) is 33.4 Å². The van der Waals surface area contributed by atoms with E-state index in [0.717, 1.165) is 11.1 Å². The number of likely N-dealkylation sites (tertiary alicyclic amines) is 1. The van der Waals surface area contributed by atoms with Gasteiger partial charge >= 0.3 is 12.1 Å². The molecular formula is C26H28N2O6. The highest BCUT2D eigenvalue weighted by Crippen LogP contribution is 2.44. The molecular weight excluding hydrogens is 436 g/mol. The summed E-state index contributed by atoms with van der Waals surface area (Å²) < 4.78 is 10.8. The minimum atomic E-state index is -0.952. The summed E-state index contributed by atoms with van der Waals surface area (Å²) in [7, 11) is 1.47. The molecule has 4 unspecified atom stereocenters. The Bertz CT molecular complexity index is 1070. The van der Waals surface area contributed by atoms with E-state index in [1.807, 2.05) is 24.3 Å². The normalized spacial score (nSPS) is 24.9. The number of hydrogen-bond acceptors (Lipinski definition) is 5. The topological polar surface area (TPSA) is 105 Å². The first-order valence-electron chi connectivity index (χ1n) is 11.6. The minimum absolute atomic E-state index is 0.000482. The Morgan fingerprint density at radius 1 is 1.00 bits per heavy atom. The number of methoxy groups -OCH3 is 1. The molecule has 0 spiro atoms. The van der Waals surface area contributed by atoms with Crippen molar-refractivity contribution in [1.29, 1.82) is 0 Å². The number of carbonyl (C=O) groups excluding carboxylic acids is 2. The van der Waals surface area contributed by atoms with Crippen LogP contribution in [-0.4, -0.2) is 67.4 Å². The molecule has 4 atom stereocenters. The zero-order chi connectivity index (χ0) is 23.8. The van der Waals surface area contributed by atoms with Crippen LogP contribution in [0.25, 0.3) is 11.1 Å². The zero-order valence-electron chi connectivity index (χ0n) is 19.0. The van der Waals surface area contributed by atoms with Gasteiger partial charge in [0.15, 0.2) is 0 Å². The molecule has 3 aliphatic rings. The molecule has 8 heteroatoms. The molecule has 2 aromatic carbocycles. The Morgan fingerprint density at radius 2 is 1.65 bits per heavy atom. The number of carbonyl (C=O) groups is 3. The van der Waals surface area contributed by atoms with Gasteiger partial charge in [-0.3, -0.25) is 9.59 Å². The molecule has 0 bridgehead atoms. The molecule has 2 N–H and O–H groups in total. The third kappa shape index (κ3) is 4.14. The average Bonchev–Trinajstić information content (AvgIpc) is 3.37. The molecule has 34 heavy (non-hydrogen) atoms. The molecule has 2 aromatic rings. The van der Waals surface area contributed by atoms with Crippen molar-refractivity contribution in [3.05, 3.63) is 59.7 Å². The van der Waals surface area contributed by atoms with Gasteiger partial charge in [0.25, 0.3) is 0 Å². The van der Waals surface area contributed by atoms with Crippen LogP contribution >= 0.6 is 0 Å². The summed E-state index contributed by atoms with van der Waals surface area (Å²) in [6.45, 7) is 1.05. The number of alkyl carbamates (subject to hydrolysis) is 1. The average molecular weight is 465 g/mol. The predicted octanol–water partition coefficient (Wildman–Crippen LogP) is 2.72. The lowest BCUT2D eigenvalue weighted by molar-refractivity contribution is -0.144. The van der Waals surface area contributed by atoms with Gasteiger partial charge in [-0.1, -0.05) is 48.5 Å². The third-order valence-electron chi connectivity index (χ3n) is 7.29. The smallest absolute Gasteiger partial charge is 0.407 e. The molecule has 1 heterocycles. The van der Waals surface area contributed by atoms with Gasteiger partial charge in [-0.25, -0.2) is 4.79 Å². The van der Waals surface area contributed by atoms with Crippen LogP contribution in [0.5, 0.6) is 0 Å². The lowest BCUT2D eigenvalue weighted by Gasteiger charge is -2.16. The quantitative estimate of drug-likeness (QED) is 0.653. The number of nitrogens with zero attached hydrogens (tertiary/aromatic N) is 1. The van der Waals surface area contributed by atoms with Crippen molar-refractivity contribution in [3.63, 3.8) is 0 Å². The number of aliphatic carboxylic acids is 1. The molecule has 0 radical (unpaired) electrons. The number of nitrogens with one attached hydrogen (secondary N) is 1. The lowest BCUT2D eigenvalue weighted by atomic mass is 9.98. The van der Waals surface area contributed by atoms with Gasteiger partial charge in [0.1, 0.15) is 12.5 Å². The highest BCUT2D eigenvalue weighted by atomic mass is 16.5. The maximum Gasteiger partial charge on any atom is 0.407 e. The number of hydrogen-bond donors (Lipinski definition) is 2. The van der Waals surface area contributed by atoms with Gasteiger partial charge in [0.2, 0.25) is 5.91 Å². The van der Waals surface area contributed by atoms with E-state index in [-0.39, 0.29) is 43.4 Å². The number of carboxylic acid groups (broad SMARTS) is 1. The van der Waals surface area contributed by atoms with Crippen molar-refractivity contribution < 1.29 is 29.0 Å². The van der Waals surface area contributed by atoms with E-state index >= 15 is 0 Å². The number of carboxylic acids is 1. The standard InChI is InChI=1S/C26H28N2O6/c1-33-23-13-28(12-21(23)25(30)31)24(29)20-10-15(20)11-27-26(32)34-14-22-18-8-4-2-6-16(18)17-7-3-5-9-19(17)22/h2-9,15,20-23H,10-14H2,1H3,(H,27,32)(H,30,31). The predicted molar refractivity (Wildman–Crippen MR) is 123 cm³/mol. The summed E-state index contributed by atoms with van der Waals surface area (Å²) in [5, 5.41) is 12.1. The fraction of sp³-hybridized carbons (Fsp3) is 0.423. The van der Waals surface area contributed by atoms with E-state index in [4.69, 9.17) is 9.47 Å². The number of amides is 2. The van der Waals surface area contributed by atoms with E-state index in [1.54, 1.807) is 4.90 Å². The van der Waals surface area contributed by atoms with E-state index in [1.165, 1.54) is 18.2 Å². The lowest BCUT2D eigenvalue weighted by Crippen LogP contribution is -2.33. The number of fused-ring (bicyclic) bond motifs is 3. The molecule has 1 saturated carbocycles. The van der Waals surface area contributed by atoms with Crippen molar-refractivity contribution in [3.8, 4) is 11.1 Å². The first-order chi connectivity index (χ1) is 16.5. The second-order valence-electron chi connectivity index (χ2n) is 9.27. The Balaban J connectivity index is 1.10. The van der Waals surface area contributed by atoms with E-state index in [9.17, 15) is 19.5 Å². The molecule has 2 amide bonds. The second kappa shape index (κ2) is 9.10. The Morgan fingerprint density at radius 3 is 2.24 bits per heavy atom. The third-order valence-corrected chi connectivity index (χ3v) is 7.29. The van der Waals surface area contributed by atoms with Gasteiger partial charge in [0.05, 0.1) is 6.10 Å². The van der Waals surface area contributed by atoms with Gasteiger partial charge in [-0.15, -0.1) is 0 Å². The molecule has 2 aliphatic carbocycles. The van der Waals surface area contributed by atoms with Gasteiger partial charge < -0.3 is 24.8 Å². The van der Waals surface area contributed by atoms with Crippen LogP contribution in [0, 0.1) is 17.8 Å². The van der Waals surface area contributed by atoms with Crippen molar-refractivity contribution in [2.45, 2.75) is 18.4 Å². The van der Waals surface area contributed by atoms with Gasteiger partial charge in [-0.2, -0.15) is 0 Å². The number of benzene rings is 2. The number of ether oxygens (including phenoxy) is 2. The first kappa shape index (κ1) is 22.4. The maximum absolute atomic E-state index is 12.8. The van der Waals surface area contributed by atoms with Crippen LogP contribution in [0.15, 0.2) is 48.5 Å². The Kier molecular flexibility index (Phi) is 6.00. The molecule has 178 valence electrons. The van der Waals surface area contributed by atoms with Crippen molar-refractivity contribution in [1.82, 2.24) is 10.2 Å². The van der Waals surface area contributed by atoms with Gasteiger partial charge in [-0.05, 0) is 34.6 Å². The summed E-state index contributed by atoms with van der Waals surface area (Å²) in [5.41, 5.74) is 4.66. The van der Waals surface area contributed by atoms with Gasteiger partial charge in [0, 0.05) is 38.6 Å². The maximum atomic E-state index is 12.8. The highest BCUT2D eigenvalue weighted by Gasteiger charge is 2.48. The summed E-state index contributed by atoms with van der Waals surface area (Å²) >= 11 is 0. The fourth-order valence-corrected chi connectivity index (χ4v) is 5.30. The van der Waals surface area contributed by atoms with E-state index in [0.29, 0.717) is 13.0 Å². The van der Waals surface area contributed by atoms with E-state index < -0.39 is 24.1 Å². The van der Waals surface area contributed by atoms with Crippen molar-refractivity contribution in [2.24, 2.45) is 17.8 Å². The monoisotopic (exact) mass is 464 g/mol. The molecule has 0 aromatic heterocycles. The first-order valence-corrected chi connectivity index (χ1v) is 11.6. The second-order valence-corrected chi connectivity index (χ2v) is 9.27. The largest absolute Gasteiger partial charge is 0.481 e. The number of rotatable bonds is 7. The van der Waals surface area contributed by atoms with Crippen LogP contribution in [0.1, 0.15) is 23.5 Å². The van der Waals surface area contributed by atoms with Crippen LogP contribution < -0.4 is 5.32 Å². The molecule has 1 aliphatic heterocycles. The molecule has 8 nitrogen and oxygen atoms in total. The Labute approximate surface area is 197 Å². The highest BCUT2D eigenvalue weighted by molar-refractivity contribution is 5.84. The molecule has 1 saturated heterocycles. The van der Waals surface area contributed by atoms with Crippen LogP contribution in [-0.2, 0) is 19.1 Å². The minimum Gasteiger partial charge on any atom is -0.481 e. The molecule has 2 fully saturated rings. The fourth-order valence-electron chi connectivity index (χ4n) is 5.30. The summed E-state index contributed by atoms with van der Waals surface area (Å²) in [5.74, 6) is -1.88. The van der Waals surface area contributed by atoms with Crippen molar-refractivity contribution >= 4 is 18.0 Å².